The van der Waals surface area contributed by atoms with Gasteiger partial charge in [-0.15, -0.1) is 0 Å². The number of halogens is 1. The van der Waals surface area contributed by atoms with E-state index in [1.807, 2.05) is 30.3 Å². The van der Waals surface area contributed by atoms with Crippen molar-refractivity contribution in [3.63, 3.8) is 0 Å². The van der Waals surface area contributed by atoms with Gasteiger partial charge in [0.15, 0.2) is 0 Å². The zero-order valence-electron chi connectivity index (χ0n) is 15.3. The van der Waals surface area contributed by atoms with Gasteiger partial charge >= 0.3 is 0 Å². The summed E-state index contributed by atoms with van der Waals surface area (Å²) in [5.41, 5.74) is 3.12. The third kappa shape index (κ3) is 3.46. The summed E-state index contributed by atoms with van der Waals surface area (Å²) >= 11 is 3.72. The van der Waals surface area contributed by atoms with E-state index in [0.717, 1.165) is 50.7 Å². The minimum absolute atomic E-state index is 0.0208. The molecule has 1 heterocycles. The van der Waals surface area contributed by atoms with Crippen LogP contribution in [-0.4, -0.2) is 12.5 Å². The molecule has 27 heavy (non-hydrogen) atoms. The number of anilines is 1. The van der Waals surface area contributed by atoms with Crippen molar-refractivity contribution in [1.82, 2.24) is 0 Å². The third-order valence-corrected chi connectivity index (χ3v) is 5.76. The van der Waals surface area contributed by atoms with Gasteiger partial charge in [0.25, 0.3) is 0 Å². The number of fused-ring (bicyclic) bond motifs is 3. The molecule has 1 unspecified atom stereocenters. The molecule has 1 aliphatic heterocycles. The zero-order chi connectivity index (χ0) is 18.8. The van der Waals surface area contributed by atoms with Crippen LogP contribution in [0.25, 0.3) is 10.8 Å². The lowest BCUT2D eigenvalue weighted by Crippen LogP contribution is -2.24. The third-order valence-electron chi connectivity index (χ3n) is 5.10. The minimum Gasteiger partial charge on any atom is -0.493 e. The van der Waals surface area contributed by atoms with Crippen molar-refractivity contribution in [3.05, 3.63) is 70.2 Å². The number of para-hydroxylation sites is 1. The van der Waals surface area contributed by atoms with Gasteiger partial charge in [-0.2, -0.15) is 0 Å². The number of benzene rings is 3. The summed E-state index contributed by atoms with van der Waals surface area (Å²) in [4.78, 5) is 12.5. The highest BCUT2D eigenvalue weighted by Crippen LogP contribution is 2.45. The Kier molecular flexibility index (Phi) is 5.17. The fourth-order valence-electron chi connectivity index (χ4n) is 3.76. The summed E-state index contributed by atoms with van der Waals surface area (Å²) in [6.07, 6.45) is 2.54. The Labute approximate surface area is 167 Å². The summed E-state index contributed by atoms with van der Waals surface area (Å²) in [5.74, 6) is 0.900. The van der Waals surface area contributed by atoms with E-state index < -0.39 is 0 Å². The molecule has 0 bridgehead atoms. The molecule has 0 fully saturated rings. The lowest BCUT2D eigenvalue weighted by molar-refractivity contribution is -0.116. The van der Waals surface area contributed by atoms with Gasteiger partial charge in [0.1, 0.15) is 5.75 Å². The van der Waals surface area contributed by atoms with E-state index in [1.54, 1.807) is 0 Å². The van der Waals surface area contributed by atoms with E-state index in [2.05, 4.69) is 52.4 Å². The van der Waals surface area contributed by atoms with Gasteiger partial charge in [0.2, 0.25) is 5.91 Å². The van der Waals surface area contributed by atoms with E-state index >= 15 is 0 Å². The van der Waals surface area contributed by atoms with Crippen LogP contribution in [0, 0.1) is 0 Å². The molecule has 0 saturated heterocycles. The van der Waals surface area contributed by atoms with Crippen LogP contribution in [0.2, 0.25) is 0 Å². The minimum atomic E-state index is -0.0208. The number of unbranched alkanes of at least 4 members (excludes halogenated alkanes) is 1. The molecule has 1 aliphatic rings. The van der Waals surface area contributed by atoms with Gasteiger partial charge in [-0.05, 0) is 29.5 Å². The van der Waals surface area contributed by atoms with Crippen molar-refractivity contribution in [3.8, 4) is 5.75 Å². The van der Waals surface area contributed by atoms with Gasteiger partial charge in [0, 0.05) is 27.8 Å². The summed E-state index contributed by atoms with van der Waals surface area (Å²) in [6, 6.07) is 18.4. The van der Waals surface area contributed by atoms with E-state index in [9.17, 15) is 4.79 Å². The first-order chi connectivity index (χ1) is 13.2. The van der Waals surface area contributed by atoms with Crippen molar-refractivity contribution in [1.29, 1.82) is 0 Å². The Morgan fingerprint density at radius 1 is 1.07 bits per heavy atom. The molecular weight excluding hydrogens is 402 g/mol. The average molecular weight is 424 g/mol. The summed E-state index contributed by atoms with van der Waals surface area (Å²) < 4.78 is 7.10. The first-order valence-corrected chi connectivity index (χ1v) is 10.2. The van der Waals surface area contributed by atoms with Crippen LogP contribution in [0.5, 0.6) is 5.75 Å². The number of carbonyl (C=O) groups excluding carboxylic acids is 1. The van der Waals surface area contributed by atoms with Crippen LogP contribution in [0.3, 0.4) is 0 Å². The highest BCUT2D eigenvalue weighted by molar-refractivity contribution is 9.10. The molecule has 138 valence electrons. The van der Waals surface area contributed by atoms with E-state index in [0.29, 0.717) is 13.0 Å². The number of carbonyl (C=O) groups is 1. The number of amides is 1. The van der Waals surface area contributed by atoms with Crippen molar-refractivity contribution in [2.45, 2.75) is 32.1 Å². The molecule has 4 heteroatoms. The maximum Gasteiger partial charge on any atom is 0.225 e. The Bertz CT molecular complexity index is 999. The molecule has 4 rings (SSSR count). The van der Waals surface area contributed by atoms with Crippen LogP contribution >= 0.6 is 15.9 Å². The number of hydrogen-bond acceptors (Lipinski definition) is 2. The van der Waals surface area contributed by atoms with Crippen molar-refractivity contribution in [2.75, 3.05) is 11.9 Å². The summed E-state index contributed by atoms with van der Waals surface area (Å²) in [7, 11) is 0. The smallest absolute Gasteiger partial charge is 0.225 e. The molecule has 0 saturated carbocycles. The maximum absolute atomic E-state index is 12.5. The molecule has 3 aromatic carbocycles. The largest absolute Gasteiger partial charge is 0.493 e. The molecule has 3 aromatic rings. The van der Waals surface area contributed by atoms with E-state index in [4.69, 9.17) is 4.74 Å². The molecule has 0 aliphatic carbocycles. The molecule has 0 radical (unpaired) electrons. The zero-order valence-corrected chi connectivity index (χ0v) is 16.9. The molecule has 1 amide bonds. The van der Waals surface area contributed by atoms with Crippen molar-refractivity contribution >= 4 is 38.3 Å². The summed E-state index contributed by atoms with van der Waals surface area (Å²) in [5, 5.41) is 5.26. The average Bonchev–Trinajstić information content (AvgIpc) is 2.69. The highest BCUT2D eigenvalue weighted by Gasteiger charge is 2.30. The number of rotatable bonds is 5. The summed E-state index contributed by atoms with van der Waals surface area (Å²) in [6.45, 7) is 2.85. The van der Waals surface area contributed by atoms with Gasteiger partial charge in [-0.1, -0.05) is 71.7 Å². The van der Waals surface area contributed by atoms with Crippen LogP contribution in [0.15, 0.2) is 59.1 Å². The lowest BCUT2D eigenvalue weighted by Gasteiger charge is -2.29. The van der Waals surface area contributed by atoms with Crippen molar-refractivity contribution in [2.24, 2.45) is 0 Å². The fourth-order valence-corrected chi connectivity index (χ4v) is 4.35. The predicted molar refractivity (Wildman–Crippen MR) is 114 cm³/mol. The molecule has 0 aromatic heterocycles. The van der Waals surface area contributed by atoms with Crippen LogP contribution in [0.4, 0.5) is 5.69 Å². The number of nitrogens with one attached hydrogen (secondary N) is 1. The first-order valence-electron chi connectivity index (χ1n) is 9.41. The molecule has 0 spiro atoms. The SMILES string of the molecule is CCCCOc1ccccc1C1CC(=O)Nc2c1cc(Br)c1ccccc21. The fraction of sp³-hybridized carbons (Fsp3) is 0.261. The standard InChI is InChI=1S/C23H22BrNO2/c1-2-3-12-27-21-11-7-6-9-16(21)18-14-22(26)25-23-17-10-5-4-8-15(17)20(24)13-19(18)23/h4-11,13,18H,2-3,12,14H2,1H3,(H,25,26). The quantitative estimate of drug-likeness (QED) is 0.492. The van der Waals surface area contributed by atoms with Crippen LogP contribution < -0.4 is 10.1 Å². The van der Waals surface area contributed by atoms with Crippen molar-refractivity contribution < 1.29 is 9.53 Å². The monoisotopic (exact) mass is 423 g/mol. The Morgan fingerprint density at radius 3 is 2.63 bits per heavy atom. The second kappa shape index (κ2) is 7.73. The van der Waals surface area contributed by atoms with Crippen LogP contribution in [-0.2, 0) is 4.79 Å². The topological polar surface area (TPSA) is 38.3 Å². The molecule has 1 atom stereocenters. The molecular formula is C23H22BrNO2. The van der Waals surface area contributed by atoms with Gasteiger partial charge in [-0.3, -0.25) is 4.79 Å². The lowest BCUT2D eigenvalue weighted by atomic mass is 9.83. The number of ether oxygens (including phenoxy) is 1. The maximum atomic E-state index is 12.5. The van der Waals surface area contributed by atoms with Gasteiger partial charge in [0.05, 0.1) is 12.3 Å². The number of hydrogen-bond donors (Lipinski definition) is 1. The Morgan fingerprint density at radius 2 is 1.81 bits per heavy atom. The van der Waals surface area contributed by atoms with Crippen LogP contribution in [0.1, 0.15) is 43.2 Å². The first kappa shape index (κ1) is 18.1. The Balaban J connectivity index is 1.84. The predicted octanol–water partition coefficient (Wildman–Crippen LogP) is 6.26. The van der Waals surface area contributed by atoms with E-state index in [-0.39, 0.29) is 11.8 Å². The molecule has 3 nitrogen and oxygen atoms in total. The normalized spacial score (nSPS) is 16.1. The second-order valence-corrected chi connectivity index (χ2v) is 7.77. The van der Waals surface area contributed by atoms with E-state index in [1.165, 1.54) is 0 Å². The highest BCUT2D eigenvalue weighted by atomic mass is 79.9. The Hall–Kier alpha value is -2.33. The molecule has 1 N–H and O–H groups in total. The van der Waals surface area contributed by atoms with Gasteiger partial charge in [-0.25, -0.2) is 0 Å². The van der Waals surface area contributed by atoms with Gasteiger partial charge < -0.3 is 10.1 Å². The second-order valence-electron chi connectivity index (χ2n) is 6.91.